The number of carbonyl (C=O) groups excluding carboxylic acids is 9. The molecular formula is C42H75N13O14. The van der Waals surface area contributed by atoms with Gasteiger partial charge >= 0.3 is 11.9 Å². The molecule has 0 saturated carbocycles. The van der Waals surface area contributed by atoms with Gasteiger partial charge in [-0.1, -0.05) is 60.8 Å². The fraction of sp³-hybridized carbons (Fsp3) is 0.714. The topological polar surface area (TPSA) is 475 Å². The van der Waals surface area contributed by atoms with Crippen LogP contribution in [0.1, 0.15) is 112 Å². The van der Waals surface area contributed by atoms with Crippen LogP contribution in [-0.4, -0.2) is 148 Å². The Morgan fingerprint density at radius 1 is 0.478 bits per heavy atom. The lowest BCUT2D eigenvalue weighted by Gasteiger charge is -2.29. The van der Waals surface area contributed by atoms with E-state index in [2.05, 4.69) is 42.2 Å². The number of aliphatic hydroxyl groups is 1. The van der Waals surface area contributed by atoms with E-state index in [0.29, 0.717) is 12.8 Å². The Hall–Kier alpha value is -6.64. The zero-order chi connectivity index (χ0) is 53.1. The number of nitrogens with one attached hydrogen (secondary N) is 7. The van der Waals surface area contributed by atoms with Gasteiger partial charge in [0, 0.05) is 25.8 Å². The Bertz CT molecular complexity index is 1810. The number of carboxylic acids is 2. The summed E-state index contributed by atoms with van der Waals surface area (Å²) in [5.74, 6) is -13.2. The normalized spacial score (nSPS) is 15.8. The lowest BCUT2D eigenvalue weighted by Crippen LogP contribution is -2.61. The lowest BCUT2D eigenvalue weighted by atomic mass is 9.97. The number of nitrogens with two attached hydrogens (primary N) is 5. The predicted octanol–water partition coefficient (Wildman–Crippen LogP) is -4.63. The van der Waals surface area contributed by atoms with Crippen LogP contribution in [0.15, 0.2) is 4.99 Å². The first-order chi connectivity index (χ1) is 32.2. The van der Waals surface area contributed by atoms with Crippen LogP contribution in [0.2, 0.25) is 0 Å². The number of guanidine groups is 1. The van der Waals surface area contributed by atoms with Crippen LogP contribution in [0.25, 0.3) is 0 Å². The summed E-state index contributed by atoms with van der Waals surface area (Å²) in [6.45, 7) is 8.91. The standard InChI is InChI=1S/C42H75N13O14/c1-7-20(4)31(45)39(66)51-25(13-16-29(44)58)34(61)50-24(12-15-28(43)57)36(63)53-27(19-56)38(65)54-32(21(5)8-2)40(67)52-26(14-17-30(59)60)35(62)49-23(11-10-18-48-42(46)47)37(64)55-33(41(68)69)22(6)9-3/h20-27,31-33,56H,7-19,45H2,1-6H3,(H2,43,57)(H2,44,58)(H,49,62)(H,50,61)(H,51,66)(H,52,67)(H,53,63)(H,54,65)(H,55,64)(H,59,60)(H,68,69)(H4,46,47,48)/t20-,21-,22-,23-,24-,25-,26-,27-,31-,32-,33-/m0/s1. The third-order valence-corrected chi connectivity index (χ3v) is 11.4. The molecule has 0 aliphatic heterocycles. The Kier molecular flexibility index (Phi) is 29.1. The van der Waals surface area contributed by atoms with Gasteiger partial charge in [-0.2, -0.15) is 0 Å². The first-order valence-corrected chi connectivity index (χ1v) is 22.8. The van der Waals surface area contributed by atoms with Gasteiger partial charge in [0.15, 0.2) is 5.96 Å². The number of aliphatic hydroxyl groups excluding tert-OH is 1. The van der Waals surface area contributed by atoms with E-state index in [0.717, 1.165) is 0 Å². The van der Waals surface area contributed by atoms with Crippen LogP contribution in [0.3, 0.4) is 0 Å². The number of aliphatic imine (C=N–C) groups is 1. The Labute approximate surface area is 400 Å². The number of hydrogen-bond acceptors (Lipinski definition) is 14. The minimum absolute atomic E-state index is 0.00978. The van der Waals surface area contributed by atoms with E-state index < -0.39 is 158 Å². The second kappa shape index (κ2) is 32.2. The number of aliphatic carboxylic acids is 2. The SMILES string of the molecule is CC[C@H](C)[C@H](N)C(=O)N[C@@H](CCC(N)=O)C(=O)N[C@@H](CCC(N)=O)C(=O)N[C@@H](CO)C(=O)N[C@H](C(=O)N[C@@H](CCC(=O)O)C(=O)N[C@@H](CCCN=C(N)N)C(=O)N[C@H](C(=O)O)[C@@H](C)CC)[C@@H](C)CC. The second-order valence-corrected chi connectivity index (χ2v) is 16.9. The maximum absolute atomic E-state index is 14.0. The van der Waals surface area contributed by atoms with E-state index in [1.54, 1.807) is 34.6 Å². The van der Waals surface area contributed by atoms with Crippen LogP contribution >= 0.6 is 0 Å². The highest BCUT2D eigenvalue weighted by Gasteiger charge is 2.36. The van der Waals surface area contributed by atoms with Gasteiger partial charge in [-0.3, -0.25) is 52.9 Å². The largest absolute Gasteiger partial charge is 0.481 e. The van der Waals surface area contributed by atoms with Gasteiger partial charge in [-0.25, -0.2) is 4.79 Å². The summed E-state index contributed by atoms with van der Waals surface area (Å²) >= 11 is 0. The van der Waals surface area contributed by atoms with Gasteiger partial charge < -0.3 is 81.2 Å². The first-order valence-electron chi connectivity index (χ1n) is 22.8. The van der Waals surface area contributed by atoms with Crippen molar-refractivity contribution in [1.82, 2.24) is 37.2 Å². The minimum atomic E-state index is -1.82. The number of primary amides is 2. The van der Waals surface area contributed by atoms with E-state index in [1.165, 1.54) is 6.92 Å². The summed E-state index contributed by atoms with van der Waals surface area (Å²) in [5, 5.41) is 46.3. The summed E-state index contributed by atoms with van der Waals surface area (Å²) in [5.41, 5.74) is 27.4. The van der Waals surface area contributed by atoms with Crippen LogP contribution in [0.4, 0.5) is 0 Å². The third-order valence-electron chi connectivity index (χ3n) is 11.4. The number of amides is 9. The molecule has 392 valence electrons. The first kappa shape index (κ1) is 62.4. The van der Waals surface area contributed by atoms with Crippen molar-refractivity contribution in [1.29, 1.82) is 0 Å². The van der Waals surface area contributed by atoms with Gasteiger partial charge in [0.05, 0.1) is 12.6 Å². The smallest absolute Gasteiger partial charge is 0.326 e. The summed E-state index contributed by atoms with van der Waals surface area (Å²) in [7, 11) is 0. The number of nitrogens with zero attached hydrogens (tertiary/aromatic N) is 1. The molecule has 27 nitrogen and oxygen atoms in total. The number of hydrogen-bond donors (Lipinski definition) is 15. The molecule has 0 heterocycles. The van der Waals surface area contributed by atoms with Gasteiger partial charge in [0.1, 0.15) is 42.3 Å². The number of carboxylic acid groups (broad SMARTS) is 2. The van der Waals surface area contributed by atoms with E-state index in [-0.39, 0.29) is 50.5 Å². The van der Waals surface area contributed by atoms with Crippen LogP contribution < -0.4 is 65.9 Å². The molecule has 0 aliphatic carbocycles. The highest BCUT2D eigenvalue weighted by Crippen LogP contribution is 2.13. The highest BCUT2D eigenvalue weighted by atomic mass is 16.4. The zero-order valence-electron chi connectivity index (χ0n) is 40.2. The zero-order valence-corrected chi connectivity index (χ0v) is 40.2. The van der Waals surface area contributed by atoms with E-state index in [9.17, 15) is 68.1 Å². The van der Waals surface area contributed by atoms with Crippen molar-refractivity contribution in [2.45, 2.75) is 161 Å². The predicted molar refractivity (Wildman–Crippen MR) is 248 cm³/mol. The van der Waals surface area contributed by atoms with Crippen LogP contribution in [0.5, 0.6) is 0 Å². The molecule has 0 aromatic carbocycles. The lowest BCUT2D eigenvalue weighted by molar-refractivity contribution is -0.144. The molecule has 0 radical (unpaired) electrons. The maximum Gasteiger partial charge on any atom is 0.326 e. The van der Waals surface area contributed by atoms with Crippen LogP contribution in [-0.2, 0) is 52.7 Å². The summed E-state index contributed by atoms with van der Waals surface area (Å²) in [6.07, 6.45) is -1.70. The van der Waals surface area contributed by atoms with Crippen molar-refractivity contribution in [2.75, 3.05) is 13.2 Å². The van der Waals surface area contributed by atoms with Crippen molar-refractivity contribution in [3.8, 4) is 0 Å². The number of carbonyl (C=O) groups is 11. The molecule has 9 amide bonds. The van der Waals surface area contributed by atoms with Crippen molar-refractivity contribution >= 4 is 71.1 Å². The average Bonchev–Trinajstić information content (AvgIpc) is 3.29. The van der Waals surface area contributed by atoms with Crippen molar-refractivity contribution in [2.24, 2.45) is 51.4 Å². The van der Waals surface area contributed by atoms with Gasteiger partial charge in [0.2, 0.25) is 53.2 Å². The molecule has 27 heteroatoms. The summed E-state index contributed by atoms with van der Waals surface area (Å²) < 4.78 is 0. The molecule has 0 aromatic rings. The Morgan fingerprint density at radius 3 is 1.25 bits per heavy atom. The molecule has 69 heavy (non-hydrogen) atoms. The monoisotopic (exact) mass is 986 g/mol. The molecule has 0 spiro atoms. The molecule has 0 bridgehead atoms. The van der Waals surface area contributed by atoms with Gasteiger partial charge in [-0.05, 0) is 49.9 Å². The Morgan fingerprint density at radius 2 is 0.841 bits per heavy atom. The average molecular weight is 986 g/mol. The molecule has 0 aliphatic rings. The fourth-order valence-electron chi connectivity index (χ4n) is 6.37. The molecular weight excluding hydrogens is 911 g/mol. The van der Waals surface area contributed by atoms with Crippen molar-refractivity contribution in [3.63, 3.8) is 0 Å². The molecule has 0 fully saturated rings. The molecule has 0 rings (SSSR count). The van der Waals surface area contributed by atoms with Crippen LogP contribution in [0, 0.1) is 17.8 Å². The van der Waals surface area contributed by atoms with Crippen molar-refractivity contribution in [3.05, 3.63) is 0 Å². The summed E-state index contributed by atoms with van der Waals surface area (Å²) in [4.78, 5) is 146. The maximum atomic E-state index is 14.0. The van der Waals surface area contributed by atoms with Gasteiger partial charge in [0.25, 0.3) is 0 Å². The van der Waals surface area contributed by atoms with Crippen molar-refractivity contribution < 1.29 is 68.1 Å². The van der Waals surface area contributed by atoms with E-state index in [4.69, 9.17) is 28.7 Å². The fourth-order valence-corrected chi connectivity index (χ4v) is 6.37. The van der Waals surface area contributed by atoms with E-state index in [1.807, 2.05) is 0 Å². The molecule has 11 atom stereocenters. The summed E-state index contributed by atoms with van der Waals surface area (Å²) in [6, 6.07) is -11.9. The third kappa shape index (κ3) is 23.8. The molecule has 0 aromatic heterocycles. The van der Waals surface area contributed by atoms with Gasteiger partial charge in [-0.15, -0.1) is 0 Å². The molecule has 20 N–H and O–H groups in total. The quantitative estimate of drug-likeness (QED) is 0.0161. The minimum Gasteiger partial charge on any atom is -0.481 e. The van der Waals surface area contributed by atoms with E-state index >= 15 is 0 Å². The highest BCUT2D eigenvalue weighted by molar-refractivity contribution is 5.98. The number of rotatable bonds is 35. The molecule has 0 unspecified atom stereocenters. The second-order valence-electron chi connectivity index (χ2n) is 16.9. The Balaban J connectivity index is 6.63. The molecule has 0 saturated heterocycles.